The first-order chi connectivity index (χ1) is 9.29. The average molecular weight is 259 g/mol. The molecule has 100 valence electrons. The first kappa shape index (κ1) is 13.1. The Bertz CT molecular complexity index is 518. The SMILES string of the molecule is C/C(=N/O)c1ccc(OCCCc2cnc[nH]2)cc1. The largest absolute Gasteiger partial charge is 0.494 e. The van der Waals surface area contributed by atoms with Crippen LogP contribution in [0.5, 0.6) is 5.75 Å². The molecule has 2 N–H and O–H groups in total. The van der Waals surface area contributed by atoms with Crippen molar-refractivity contribution in [2.45, 2.75) is 19.8 Å². The highest BCUT2D eigenvalue weighted by Gasteiger charge is 1.99. The number of nitrogens with one attached hydrogen (secondary N) is 1. The van der Waals surface area contributed by atoms with Gasteiger partial charge < -0.3 is 14.9 Å². The van der Waals surface area contributed by atoms with Crippen molar-refractivity contribution in [3.63, 3.8) is 0 Å². The van der Waals surface area contributed by atoms with E-state index in [0.29, 0.717) is 12.3 Å². The van der Waals surface area contributed by atoms with Crippen molar-refractivity contribution in [2.24, 2.45) is 5.16 Å². The molecule has 2 rings (SSSR count). The van der Waals surface area contributed by atoms with Crippen LogP contribution in [-0.4, -0.2) is 27.5 Å². The lowest BCUT2D eigenvalue weighted by molar-refractivity contribution is 0.310. The van der Waals surface area contributed by atoms with E-state index >= 15 is 0 Å². The normalized spacial score (nSPS) is 11.5. The second kappa shape index (κ2) is 6.58. The van der Waals surface area contributed by atoms with Crippen LogP contribution in [0.3, 0.4) is 0 Å². The lowest BCUT2D eigenvalue weighted by Crippen LogP contribution is -2.00. The molecule has 0 fully saturated rings. The maximum atomic E-state index is 8.67. The van der Waals surface area contributed by atoms with Gasteiger partial charge in [-0.25, -0.2) is 4.98 Å². The third-order valence-electron chi connectivity index (χ3n) is 2.84. The molecule has 0 radical (unpaired) electrons. The highest BCUT2D eigenvalue weighted by Crippen LogP contribution is 2.13. The van der Waals surface area contributed by atoms with Gasteiger partial charge in [0.25, 0.3) is 0 Å². The topological polar surface area (TPSA) is 70.5 Å². The van der Waals surface area contributed by atoms with Crippen molar-refractivity contribution in [3.05, 3.63) is 48.0 Å². The van der Waals surface area contributed by atoms with Gasteiger partial charge in [0.05, 0.1) is 18.6 Å². The summed E-state index contributed by atoms with van der Waals surface area (Å²) >= 11 is 0. The fourth-order valence-corrected chi connectivity index (χ4v) is 1.72. The molecular weight excluding hydrogens is 242 g/mol. The molecule has 5 nitrogen and oxygen atoms in total. The van der Waals surface area contributed by atoms with Gasteiger partial charge in [-0.1, -0.05) is 5.16 Å². The Morgan fingerprint density at radius 1 is 1.37 bits per heavy atom. The number of hydrogen-bond donors (Lipinski definition) is 2. The van der Waals surface area contributed by atoms with Crippen molar-refractivity contribution >= 4 is 5.71 Å². The number of H-pyrrole nitrogens is 1. The number of benzene rings is 1. The molecule has 19 heavy (non-hydrogen) atoms. The summed E-state index contributed by atoms with van der Waals surface area (Å²) in [6, 6.07) is 7.50. The summed E-state index contributed by atoms with van der Waals surface area (Å²) in [7, 11) is 0. The van der Waals surface area contributed by atoms with E-state index in [-0.39, 0.29) is 0 Å². The van der Waals surface area contributed by atoms with Crippen LogP contribution in [0.4, 0.5) is 0 Å². The summed E-state index contributed by atoms with van der Waals surface area (Å²) in [6.07, 6.45) is 5.36. The molecule has 0 aliphatic rings. The number of rotatable bonds is 6. The molecule has 0 aliphatic carbocycles. The number of imidazole rings is 1. The minimum Gasteiger partial charge on any atom is -0.494 e. The molecule has 0 saturated carbocycles. The van der Waals surface area contributed by atoms with Crippen LogP contribution in [0.2, 0.25) is 0 Å². The smallest absolute Gasteiger partial charge is 0.119 e. The molecule has 2 aromatic rings. The zero-order valence-electron chi connectivity index (χ0n) is 10.8. The van der Waals surface area contributed by atoms with E-state index in [4.69, 9.17) is 9.94 Å². The van der Waals surface area contributed by atoms with E-state index in [1.807, 2.05) is 30.5 Å². The Morgan fingerprint density at radius 2 is 2.16 bits per heavy atom. The van der Waals surface area contributed by atoms with Crippen LogP contribution in [-0.2, 0) is 6.42 Å². The van der Waals surface area contributed by atoms with Crippen molar-refractivity contribution in [1.82, 2.24) is 9.97 Å². The average Bonchev–Trinajstić information content (AvgIpc) is 2.96. The number of ether oxygens (including phenoxy) is 1. The van der Waals surface area contributed by atoms with Gasteiger partial charge in [0.15, 0.2) is 0 Å². The summed E-state index contributed by atoms with van der Waals surface area (Å²) in [5.74, 6) is 0.819. The fourth-order valence-electron chi connectivity index (χ4n) is 1.72. The summed E-state index contributed by atoms with van der Waals surface area (Å²) in [6.45, 7) is 2.41. The number of hydrogen-bond acceptors (Lipinski definition) is 4. The maximum absolute atomic E-state index is 8.67. The molecule has 0 unspecified atom stereocenters. The molecule has 1 aromatic carbocycles. The van der Waals surface area contributed by atoms with Crippen molar-refractivity contribution in [2.75, 3.05) is 6.61 Å². The number of aromatic amines is 1. The van der Waals surface area contributed by atoms with E-state index in [0.717, 1.165) is 29.8 Å². The maximum Gasteiger partial charge on any atom is 0.119 e. The lowest BCUT2D eigenvalue weighted by Gasteiger charge is -2.06. The molecule has 5 heteroatoms. The molecule has 0 atom stereocenters. The van der Waals surface area contributed by atoms with Crippen LogP contribution in [0.25, 0.3) is 0 Å². The van der Waals surface area contributed by atoms with E-state index in [1.54, 1.807) is 13.3 Å². The molecular formula is C14H17N3O2. The first-order valence-corrected chi connectivity index (χ1v) is 6.19. The third-order valence-corrected chi connectivity index (χ3v) is 2.84. The third kappa shape index (κ3) is 3.84. The zero-order chi connectivity index (χ0) is 13.5. The summed E-state index contributed by atoms with van der Waals surface area (Å²) in [5.41, 5.74) is 2.59. The molecule has 1 heterocycles. The molecule has 0 bridgehead atoms. The Hall–Kier alpha value is -2.30. The van der Waals surface area contributed by atoms with E-state index in [1.165, 1.54) is 0 Å². The highest BCUT2D eigenvalue weighted by molar-refractivity contribution is 5.98. The summed E-state index contributed by atoms with van der Waals surface area (Å²) in [5, 5.41) is 11.8. The van der Waals surface area contributed by atoms with Crippen LogP contribution >= 0.6 is 0 Å². The molecule has 1 aromatic heterocycles. The zero-order valence-corrected chi connectivity index (χ0v) is 10.8. The van der Waals surface area contributed by atoms with E-state index in [9.17, 15) is 0 Å². The van der Waals surface area contributed by atoms with Crippen molar-refractivity contribution in [1.29, 1.82) is 0 Å². The predicted octanol–water partition coefficient (Wildman–Crippen LogP) is 2.62. The second-order valence-corrected chi connectivity index (χ2v) is 4.24. The summed E-state index contributed by atoms with van der Waals surface area (Å²) in [4.78, 5) is 7.02. The number of aryl methyl sites for hydroxylation is 1. The minimum atomic E-state index is 0.589. The van der Waals surface area contributed by atoms with Crippen molar-refractivity contribution in [3.8, 4) is 5.75 Å². The lowest BCUT2D eigenvalue weighted by atomic mass is 10.1. The Labute approximate surface area is 111 Å². The van der Waals surface area contributed by atoms with Gasteiger partial charge in [0.2, 0.25) is 0 Å². The molecule has 0 aliphatic heterocycles. The van der Waals surface area contributed by atoms with Crippen LogP contribution in [0.15, 0.2) is 41.9 Å². The van der Waals surface area contributed by atoms with E-state index < -0.39 is 0 Å². The molecule has 0 spiro atoms. The van der Waals surface area contributed by atoms with Gasteiger partial charge in [-0.2, -0.15) is 0 Å². The highest BCUT2D eigenvalue weighted by atomic mass is 16.5. The quantitative estimate of drug-likeness (QED) is 0.362. The monoisotopic (exact) mass is 259 g/mol. The minimum absolute atomic E-state index is 0.589. The molecule has 0 saturated heterocycles. The van der Waals surface area contributed by atoms with Crippen LogP contribution in [0.1, 0.15) is 24.6 Å². The number of nitrogens with zero attached hydrogens (tertiary/aromatic N) is 2. The van der Waals surface area contributed by atoms with E-state index in [2.05, 4.69) is 15.1 Å². The Balaban J connectivity index is 1.77. The molecule has 0 amide bonds. The standard InChI is InChI=1S/C14H17N3O2/c1-11(17-18)12-4-6-14(7-5-12)19-8-2-3-13-9-15-10-16-13/h4-7,9-10,18H,2-3,8H2,1H3,(H,15,16)/b17-11-. The predicted molar refractivity (Wildman–Crippen MR) is 72.8 cm³/mol. The van der Waals surface area contributed by atoms with Crippen LogP contribution < -0.4 is 4.74 Å². The second-order valence-electron chi connectivity index (χ2n) is 4.24. The fraction of sp³-hybridized carbons (Fsp3) is 0.286. The van der Waals surface area contributed by atoms with Crippen LogP contribution in [0, 0.1) is 0 Å². The first-order valence-electron chi connectivity index (χ1n) is 6.19. The number of aromatic nitrogens is 2. The van der Waals surface area contributed by atoms with Gasteiger partial charge >= 0.3 is 0 Å². The van der Waals surface area contributed by atoms with Gasteiger partial charge in [-0.3, -0.25) is 0 Å². The van der Waals surface area contributed by atoms with Gasteiger partial charge in [0.1, 0.15) is 5.75 Å². The van der Waals surface area contributed by atoms with Gasteiger partial charge in [-0.15, -0.1) is 0 Å². The van der Waals surface area contributed by atoms with Gasteiger partial charge in [-0.05, 0) is 49.6 Å². The van der Waals surface area contributed by atoms with Gasteiger partial charge in [0, 0.05) is 11.9 Å². The van der Waals surface area contributed by atoms with Crippen molar-refractivity contribution < 1.29 is 9.94 Å². The summed E-state index contributed by atoms with van der Waals surface area (Å²) < 4.78 is 5.64. The Kier molecular flexibility index (Phi) is 4.55. The Morgan fingerprint density at radius 3 is 2.79 bits per heavy atom. The number of oxime groups is 1.